The summed E-state index contributed by atoms with van der Waals surface area (Å²) in [5, 5.41) is 7.00. The van der Waals surface area contributed by atoms with Crippen molar-refractivity contribution in [3.63, 3.8) is 0 Å². The Kier molecular flexibility index (Phi) is 6.95. The topological polar surface area (TPSA) is 43.3 Å². The summed E-state index contributed by atoms with van der Waals surface area (Å²) in [5.41, 5.74) is 0. The van der Waals surface area contributed by atoms with Crippen molar-refractivity contribution in [2.24, 2.45) is 4.99 Å². The fourth-order valence-corrected chi connectivity index (χ4v) is 4.18. The van der Waals surface area contributed by atoms with E-state index in [1.165, 1.54) is 5.00 Å². The van der Waals surface area contributed by atoms with Gasteiger partial charge in [0.15, 0.2) is 5.96 Å². The molecular weight excluding hydrogens is 334 g/mol. The van der Waals surface area contributed by atoms with Gasteiger partial charge >= 0.3 is 0 Å². The molecule has 2 aliphatic rings. The second-order valence-corrected chi connectivity index (χ2v) is 7.55. The molecule has 0 bridgehead atoms. The quantitative estimate of drug-likeness (QED) is 0.634. The highest BCUT2D eigenvalue weighted by molar-refractivity contribution is 7.14. The number of piperazine rings is 1. The second-order valence-electron chi connectivity index (χ2n) is 6.62. The molecule has 1 N–H and O–H groups in total. The Labute approximate surface area is 155 Å². The average molecular weight is 366 g/mol. The van der Waals surface area contributed by atoms with E-state index in [-0.39, 0.29) is 0 Å². The number of anilines is 1. The van der Waals surface area contributed by atoms with Crippen LogP contribution in [0.5, 0.6) is 0 Å². The molecule has 1 aromatic heterocycles. The molecule has 3 heterocycles. The zero-order valence-corrected chi connectivity index (χ0v) is 16.3. The van der Waals surface area contributed by atoms with Crippen LogP contribution in [0.3, 0.4) is 0 Å². The van der Waals surface area contributed by atoms with Gasteiger partial charge in [-0.3, -0.25) is 9.89 Å². The Morgan fingerprint density at radius 2 is 2.16 bits per heavy atom. The Morgan fingerprint density at radius 3 is 2.84 bits per heavy atom. The maximum Gasteiger partial charge on any atom is 0.194 e. The zero-order valence-electron chi connectivity index (χ0n) is 15.5. The van der Waals surface area contributed by atoms with E-state index in [0.29, 0.717) is 6.04 Å². The Balaban J connectivity index is 1.50. The van der Waals surface area contributed by atoms with E-state index in [1.807, 2.05) is 11.3 Å². The molecule has 0 radical (unpaired) electrons. The van der Waals surface area contributed by atoms with Crippen molar-refractivity contribution in [3.8, 4) is 0 Å². The van der Waals surface area contributed by atoms with Crippen LogP contribution in [-0.2, 0) is 4.74 Å². The molecule has 1 aromatic rings. The lowest BCUT2D eigenvalue weighted by molar-refractivity contribution is 0.00139. The van der Waals surface area contributed by atoms with Gasteiger partial charge in [0.25, 0.3) is 0 Å². The highest BCUT2D eigenvalue weighted by Gasteiger charge is 2.21. The standard InChI is InChI=1S/C18H31N5OS/c1-3-19-18(20-6-7-21-12-13-24-15-16(21)2)23-10-8-22(9-11-23)17-5-4-14-25-17/h4-5,14,16H,3,6-13,15H2,1-2H3,(H,19,20). The lowest BCUT2D eigenvalue weighted by Gasteiger charge is -2.37. The first-order chi connectivity index (χ1) is 12.3. The second kappa shape index (κ2) is 9.40. The first-order valence-electron chi connectivity index (χ1n) is 9.41. The summed E-state index contributed by atoms with van der Waals surface area (Å²) in [6.07, 6.45) is 0. The lowest BCUT2D eigenvalue weighted by atomic mass is 10.2. The van der Waals surface area contributed by atoms with E-state index in [4.69, 9.17) is 9.73 Å². The number of nitrogens with zero attached hydrogens (tertiary/aromatic N) is 4. The first kappa shape index (κ1) is 18.5. The van der Waals surface area contributed by atoms with Gasteiger partial charge in [0, 0.05) is 51.9 Å². The normalized spacial score (nSPS) is 23.1. The van der Waals surface area contributed by atoms with Crippen LogP contribution in [0, 0.1) is 0 Å². The van der Waals surface area contributed by atoms with Gasteiger partial charge in [-0.25, -0.2) is 0 Å². The Hall–Kier alpha value is -1.31. The fourth-order valence-electron chi connectivity index (χ4n) is 3.39. The van der Waals surface area contributed by atoms with Gasteiger partial charge in [-0.05, 0) is 31.4 Å². The molecule has 0 spiro atoms. The van der Waals surface area contributed by atoms with Crippen LogP contribution in [0.15, 0.2) is 22.5 Å². The van der Waals surface area contributed by atoms with E-state index in [1.54, 1.807) is 0 Å². The minimum absolute atomic E-state index is 0.501. The number of morpholine rings is 1. The van der Waals surface area contributed by atoms with Crippen molar-refractivity contribution in [3.05, 3.63) is 17.5 Å². The molecule has 1 unspecified atom stereocenters. The van der Waals surface area contributed by atoms with E-state index < -0.39 is 0 Å². The van der Waals surface area contributed by atoms with Gasteiger partial charge in [0.1, 0.15) is 0 Å². The molecular formula is C18H31N5OS. The van der Waals surface area contributed by atoms with Crippen LogP contribution < -0.4 is 10.2 Å². The number of guanidine groups is 1. The van der Waals surface area contributed by atoms with Crippen molar-refractivity contribution in [2.45, 2.75) is 19.9 Å². The van der Waals surface area contributed by atoms with Gasteiger partial charge in [-0.2, -0.15) is 0 Å². The highest BCUT2D eigenvalue weighted by Crippen LogP contribution is 2.22. The van der Waals surface area contributed by atoms with Crippen molar-refractivity contribution < 1.29 is 4.74 Å². The molecule has 0 saturated carbocycles. The summed E-state index contributed by atoms with van der Waals surface area (Å²) >= 11 is 1.82. The summed E-state index contributed by atoms with van der Waals surface area (Å²) in [6.45, 7) is 14.0. The molecule has 1 atom stereocenters. The van der Waals surface area contributed by atoms with Gasteiger partial charge in [0.2, 0.25) is 0 Å². The van der Waals surface area contributed by atoms with Crippen LogP contribution in [0.25, 0.3) is 0 Å². The van der Waals surface area contributed by atoms with Gasteiger partial charge in [0.05, 0.1) is 24.8 Å². The number of nitrogens with one attached hydrogen (secondary N) is 1. The fraction of sp³-hybridized carbons (Fsp3) is 0.722. The lowest BCUT2D eigenvalue weighted by Crippen LogP contribution is -2.52. The maximum atomic E-state index is 5.51. The molecule has 2 fully saturated rings. The molecule has 140 valence electrons. The maximum absolute atomic E-state index is 5.51. The third-order valence-electron chi connectivity index (χ3n) is 4.89. The predicted molar refractivity (Wildman–Crippen MR) is 106 cm³/mol. The number of thiophene rings is 1. The van der Waals surface area contributed by atoms with Crippen LogP contribution in [0.2, 0.25) is 0 Å². The van der Waals surface area contributed by atoms with Crippen LogP contribution in [-0.4, -0.2) is 87.4 Å². The van der Waals surface area contributed by atoms with Crippen molar-refractivity contribution in [1.29, 1.82) is 0 Å². The van der Waals surface area contributed by atoms with Crippen LogP contribution >= 0.6 is 11.3 Å². The minimum atomic E-state index is 0.501. The Bertz CT molecular complexity index is 528. The predicted octanol–water partition coefficient (Wildman–Crippen LogP) is 1.56. The number of hydrogen-bond donors (Lipinski definition) is 1. The first-order valence-corrected chi connectivity index (χ1v) is 10.3. The van der Waals surface area contributed by atoms with E-state index in [2.05, 4.69) is 51.4 Å². The minimum Gasteiger partial charge on any atom is -0.379 e. The summed E-state index contributed by atoms with van der Waals surface area (Å²) in [7, 11) is 0. The molecule has 0 aliphatic carbocycles. The number of rotatable bonds is 5. The third-order valence-corrected chi connectivity index (χ3v) is 5.81. The highest BCUT2D eigenvalue weighted by atomic mass is 32.1. The average Bonchev–Trinajstić information content (AvgIpc) is 3.17. The largest absolute Gasteiger partial charge is 0.379 e. The van der Waals surface area contributed by atoms with Gasteiger partial charge in [-0.15, -0.1) is 11.3 Å². The van der Waals surface area contributed by atoms with Gasteiger partial charge < -0.3 is 19.9 Å². The molecule has 25 heavy (non-hydrogen) atoms. The molecule has 7 heteroatoms. The molecule has 3 rings (SSSR count). The number of ether oxygens (including phenoxy) is 1. The van der Waals surface area contributed by atoms with Crippen LogP contribution in [0.1, 0.15) is 13.8 Å². The number of hydrogen-bond acceptors (Lipinski definition) is 5. The Morgan fingerprint density at radius 1 is 1.32 bits per heavy atom. The zero-order chi connectivity index (χ0) is 17.5. The smallest absolute Gasteiger partial charge is 0.194 e. The van der Waals surface area contributed by atoms with E-state index in [9.17, 15) is 0 Å². The summed E-state index contributed by atoms with van der Waals surface area (Å²) < 4.78 is 5.51. The van der Waals surface area contributed by atoms with E-state index in [0.717, 1.165) is 71.5 Å². The number of aliphatic imine (C=N–C) groups is 1. The molecule has 0 amide bonds. The molecule has 2 saturated heterocycles. The molecule has 2 aliphatic heterocycles. The van der Waals surface area contributed by atoms with Crippen molar-refractivity contribution >= 4 is 22.3 Å². The summed E-state index contributed by atoms with van der Waals surface area (Å²) in [4.78, 5) is 12.2. The SMILES string of the molecule is CCNC(=NCCN1CCOCC1C)N1CCN(c2cccs2)CC1. The third kappa shape index (κ3) is 5.09. The monoisotopic (exact) mass is 365 g/mol. The molecule has 0 aromatic carbocycles. The van der Waals surface area contributed by atoms with Crippen molar-refractivity contribution in [2.75, 3.05) is 70.5 Å². The van der Waals surface area contributed by atoms with Crippen molar-refractivity contribution in [1.82, 2.24) is 15.1 Å². The van der Waals surface area contributed by atoms with E-state index >= 15 is 0 Å². The summed E-state index contributed by atoms with van der Waals surface area (Å²) in [5.74, 6) is 1.06. The van der Waals surface area contributed by atoms with Crippen LogP contribution in [0.4, 0.5) is 5.00 Å². The molecule has 6 nitrogen and oxygen atoms in total. The van der Waals surface area contributed by atoms with Gasteiger partial charge in [-0.1, -0.05) is 0 Å². The summed E-state index contributed by atoms with van der Waals surface area (Å²) in [6, 6.07) is 4.84.